The van der Waals surface area contributed by atoms with Gasteiger partial charge in [0.25, 0.3) is 11.8 Å². The molecule has 1 aromatic carbocycles. The average molecular weight is 429 g/mol. The number of carbonyl (C=O) groups is 2. The molecule has 31 heavy (non-hydrogen) atoms. The number of hydrogen-bond acceptors (Lipinski definition) is 5. The van der Waals surface area contributed by atoms with Gasteiger partial charge in [0.15, 0.2) is 23.9 Å². The number of hydrogen-bond donors (Lipinski definition) is 3. The first-order valence-electron chi connectivity index (χ1n) is 10.9. The molecule has 168 valence electrons. The van der Waals surface area contributed by atoms with Crippen LogP contribution in [0, 0.1) is 5.92 Å². The lowest BCUT2D eigenvalue weighted by Gasteiger charge is -2.20. The van der Waals surface area contributed by atoms with Crippen LogP contribution in [0.25, 0.3) is 0 Å². The normalized spacial score (nSPS) is 14.3. The molecule has 1 fully saturated rings. The number of H-pyrrole nitrogens is 1. The first-order chi connectivity index (χ1) is 14.9. The predicted octanol–water partition coefficient (Wildman–Crippen LogP) is 3.70. The summed E-state index contributed by atoms with van der Waals surface area (Å²) >= 11 is 0. The first kappa shape index (κ1) is 22.7. The number of methoxy groups -OCH3 is 1. The van der Waals surface area contributed by atoms with Gasteiger partial charge >= 0.3 is 0 Å². The van der Waals surface area contributed by atoms with Crippen LogP contribution in [0.5, 0.6) is 11.5 Å². The van der Waals surface area contributed by atoms with Crippen molar-refractivity contribution in [2.45, 2.75) is 58.4 Å². The van der Waals surface area contributed by atoms with Gasteiger partial charge in [-0.15, -0.1) is 0 Å². The van der Waals surface area contributed by atoms with E-state index < -0.39 is 0 Å². The molecule has 1 saturated carbocycles. The Balaban J connectivity index is 1.58. The number of anilines is 1. The second-order valence-electron chi connectivity index (χ2n) is 8.32. The highest BCUT2D eigenvalue weighted by Crippen LogP contribution is 2.29. The molecule has 1 aromatic heterocycles. The Hall–Kier alpha value is -3.03. The van der Waals surface area contributed by atoms with Gasteiger partial charge in [-0.1, -0.05) is 32.1 Å². The Morgan fingerprint density at radius 2 is 1.94 bits per heavy atom. The molecule has 1 heterocycles. The third-order valence-corrected chi connectivity index (χ3v) is 5.34. The van der Waals surface area contributed by atoms with Crippen molar-refractivity contribution in [3.63, 3.8) is 0 Å². The highest BCUT2D eigenvalue weighted by molar-refractivity contribution is 6.04. The summed E-state index contributed by atoms with van der Waals surface area (Å²) < 4.78 is 10.9. The van der Waals surface area contributed by atoms with Crippen molar-refractivity contribution in [2.75, 3.05) is 19.0 Å². The van der Waals surface area contributed by atoms with Crippen LogP contribution in [-0.2, 0) is 11.2 Å². The van der Waals surface area contributed by atoms with Gasteiger partial charge < -0.3 is 20.1 Å². The molecule has 0 radical (unpaired) electrons. The number of ether oxygens (including phenoxy) is 2. The first-order valence-corrected chi connectivity index (χ1v) is 10.9. The van der Waals surface area contributed by atoms with Crippen LogP contribution in [0.3, 0.4) is 0 Å². The Labute approximate surface area is 183 Å². The van der Waals surface area contributed by atoms with E-state index in [4.69, 9.17) is 9.47 Å². The molecule has 3 rings (SSSR count). The van der Waals surface area contributed by atoms with Crippen molar-refractivity contribution in [3.8, 4) is 11.5 Å². The lowest BCUT2D eigenvalue weighted by atomic mass is 9.86. The summed E-state index contributed by atoms with van der Waals surface area (Å²) in [5, 5.41) is 12.8. The van der Waals surface area contributed by atoms with Gasteiger partial charge in [0.05, 0.1) is 7.11 Å². The molecule has 3 N–H and O–H groups in total. The van der Waals surface area contributed by atoms with Crippen molar-refractivity contribution in [2.24, 2.45) is 5.92 Å². The number of amides is 2. The number of nitrogens with zero attached hydrogens (tertiary/aromatic N) is 1. The second-order valence-corrected chi connectivity index (χ2v) is 8.32. The van der Waals surface area contributed by atoms with Gasteiger partial charge in [-0.2, -0.15) is 5.10 Å². The topological polar surface area (TPSA) is 105 Å². The van der Waals surface area contributed by atoms with E-state index >= 15 is 0 Å². The quantitative estimate of drug-likeness (QED) is 0.565. The Morgan fingerprint density at radius 3 is 2.65 bits per heavy atom. The highest BCUT2D eigenvalue weighted by atomic mass is 16.5. The molecule has 1 aliphatic rings. The van der Waals surface area contributed by atoms with E-state index in [1.165, 1.54) is 39.2 Å². The summed E-state index contributed by atoms with van der Waals surface area (Å²) in [7, 11) is 1.49. The minimum absolute atomic E-state index is 0.0364. The summed E-state index contributed by atoms with van der Waals surface area (Å²) in [6.07, 6.45) is 7.41. The summed E-state index contributed by atoms with van der Waals surface area (Å²) in [5.74, 6) is 1.45. The van der Waals surface area contributed by atoms with Crippen LogP contribution < -0.4 is 20.1 Å². The van der Waals surface area contributed by atoms with Gasteiger partial charge in [0.1, 0.15) is 0 Å². The standard InChI is InChI=1S/C23H32N4O4/c1-15(2)24-22(28)14-31-19-10-9-17(12-20(19)30-3)23(29)25-21-13-18(26-27-21)11-16-7-5-4-6-8-16/h9-10,12-13,15-16H,4-8,11,14H2,1-3H3,(H,24,28)(H2,25,26,27,29). The third kappa shape index (κ3) is 6.73. The van der Waals surface area contributed by atoms with Crippen molar-refractivity contribution in [1.29, 1.82) is 0 Å². The molecule has 0 bridgehead atoms. The lowest BCUT2D eigenvalue weighted by molar-refractivity contribution is -0.123. The summed E-state index contributed by atoms with van der Waals surface area (Å²) in [6.45, 7) is 3.63. The van der Waals surface area contributed by atoms with Crippen molar-refractivity contribution < 1.29 is 19.1 Å². The Bertz CT molecular complexity index is 887. The van der Waals surface area contributed by atoms with Gasteiger partial charge in [0, 0.05) is 23.4 Å². The number of carbonyl (C=O) groups excluding carboxylic acids is 2. The van der Waals surface area contributed by atoms with E-state index in [9.17, 15) is 9.59 Å². The van der Waals surface area contributed by atoms with Gasteiger partial charge in [0.2, 0.25) is 0 Å². The van der Waals surface area contributed by atoms with E-state index in [-0.39, 0.29) is 24.5 Å². The predicted molar refractivity (Wildman–Crippen MR) is 119 cm³/mol. The van der Waals surface area contributed by atoms with Crippen molar-refractivity contribution >= 4 is 17.6 Å². The number of aromatic nitrogens is 2. The average Bonchev–Trinajstić information content (AvgIpc) is 3.18. The summed E-state index contributed by atoms with van der Waals surface area (Å²) in [6, 6.07) is 6.77. The number of nitrogens with one attached hydrogen (secondary N) is 3. The maximum Gasteiger partial charge on any atom is 0.258 e. The highest BCUT2D eigenvalue weighted by Gasteiger charge is 2.17. The summed E-state index contributed by atoms with van der Waals surface area (Å²) in [4.78, 5) is 24.4. The van der Waals surface area contributed by atoms with Gasteiger partial charge in [-0.3, -0.25) is 14.7 Å². The molecular formula is C23H32N4O4. The fourth-order valence-electron chi connectivity index (χ4n) is 3.86. The molecule has 1 aliphatic carbocycles. The molecular weight excluding hydrogens is 396 g/mol. The SMILES string of the molecule is COc1cc(C(=O)Nc2cc(CC3CCCCC3)[nH]n2)ccc1OCC(=O)NC(C)C. The lowest BCUT2D eigenvalue weighted by Crippen LogP contribution is -2.34. The number of aromatic amines is 1. The van der Waals surface area contributed by atoms with Crippen LogP contribution in [0.4, 0.5) is 5.82 Å². The second kappa shape index (κ2) is 10.8. The summed E-state index contributed by atoms with van der Waals surface area (Å²) in [5.41, 5.74) is 1.45. The smallest absolute Gasteiger partial charge is 0.258 e. The molecule has 8 nitrogen and oxygen atoms in total. The zero-order chi connectivity index (χ0) is 22.2. The minimum atomic E-state index is -0.293. The maximum atomic E-state index is 12.7. The van der Waals surface area contributed by atoms with E-state index in [0.717, 1.165) is 12.1 Å². The fourth-order valence-corrected chi connectivity index (χ4v) is 3.86. The minimum Gasteiger partial charge on any atom is -0.493 e. The number of rotatable bonds is 9. The molecule has 2 amide bonds. The van der Waals surface area contributed by atoms with Crippen LogP contribution in [0.2, 0.25) is 0 Å². The van der Waals surface area contributed by atoms with Crippen LogP contribution >= 0.6 is 0 Å². The zero-order valence-corrected chi connectivity index (χ0v) is 18.5. The molecule has 0 atom stereocenters. The van der Waals surface area contributed by atoms with Gasteiger partial charge in [-0.25, -0.2) is 0 Å². The zero-order valence-electron chi connectivity index (χ0n) is 18.5. The largest absolute Gasteiger partial charge is 0.493 e. The van der Waals surface area contributed by atoms with E-state index in [0.29, 0.717) is 28.8 Å². The molecule has 8 heteroatoms. The van der Waals surface area contributed by atoms with Crippen LogP contribution in [-0.4, -0.2) is 41.8 Å². The molecule has 0 unspecified atom stereocenters. The molecule has 0 saturated heterocycles. The fraction of sp³-hybridized carbons (Fsp3) is 0.522. The van der Waals surface area contributed by atoms with E-state index in [2.05, 4.69) is 20.8 Å². The van der Waals surface area contributed by atoms with Crippen molar-refractivity contribution in [1.82, 2.24) is 15.5 Å². The van der Waals surface area contributed by atoms with Crippen molar-refractivity contribution in [3.05, 3.63) is 35.5 Å². The maximum absolute atomic E-state index is 12.7. The third-order valence-electron chi connectivity index (χ3n) is 5.34. The van der Waals surface area contributed by atoms with E-state index in [1.54, 1.807) is 18.2 Å². The van der Waals surface area contributed by atoms with Crippen LogP contribution in [0.1, 0.15) is 62.0 Å². The Kier molecular flexibility index (Phi) is 7.92. The molecule has 0 spiro atoms. The van der Waals surface area contributed by atoms with Gasteiger partial charge in [-0.05, 0) is 44.4 Å². The number of benzene rings is 1. The monoisotopic (exact) mass is 428 g/mol. The van der Waals surface area contributed by atoms with Crippen LogP contribution in [0.15, 0.2) is 24.3 Å². The molecule has 2 aromatic rings. The van der Waals surface area contributed by atoms with E-state index in [1.807, 2.05) is 19.9 Å². The molecule has 0 aliphatic heterocycles. The Morgan fingerprint density at radius 1 is 1.16 bits per heavy atom.